The van der Waals surface area contributed by atoms with Gasteiger partial charge in [0.2, 0.25) is 0 Å². The number of esters is 4. The van der Waals surface area contributed by atoms with Gasteiger partial charge < -0.3 is 58.4 Å². The number of hydrogen-bond donors (Lipinski definition) is 1. The number of aliphatic hydroxyl groups is 1. The van der Waals surface area contributed by atoms with Crippen LogP contribution in [0.5, 0.6) is 0 Å². The van der Waals surface area contributed by atoms with E-state index in [1.807, 2.05) is 76.0 Å². The van der Waals surface area contributed by atoms with Crippen molar-refractivity contribution in [3.8, 4) is 0 Å². The Morgan fingerprint density at radius 1 is 0.415 bits per heavy atom. The normalized spacial score (nSPS) is 12.5. The van der Waals surface area contributed by atoms with Gasteiger partial charge in [0.15, 0.2) is 0 Å². The zero-order valence-electron chi connectivity index (χ0n) is 34.7. The zero-order valence-corrected chi connectivity index (χ0v) is 34.7. The Labute approximate surface area is 320 Å². The van der Waals surface area contributed by atoms with Gasteiger partial charge in [-0.2, -0.15) is 0 Å². The SMILES string of the molecule is CC(O)CN(CCCN(CCC(=O)OCCN(C)C)CCC(=O)OCCN(C)C)CCCN(CCC(=O)OCCN(C)C)CCC(=O)OCCN(C)C. The van der Waals surface area contributed by atoms with E-state index in [2.05, 4.69) is 14.7 Å². The maximum Gasteiger partial charge on any atom is 0.307 e. The van der Waals surface area contributed by atoms with Gasteiger partial charge in [0.1, 0.15) is 26.4 Å². The monoisotopic (exact) mass is 762 g/mol. The van der Waals surface area contributed by atoms with Crippen LogP contribution in [0.4, 0.5) is 0 Å². The second-order valence-corrected chi connectivity index (χ2v) is 14.6. The van der Waals surface area contributed by atoms with Crippen LogP contribution >= 0.6 is 0 Å². The summed E-state index contributed by atoms with van der Waals surface area (Å²) in [7, 11) is 15.4. The maximum absolute atomic E-state index is 12.4. The van der Waals surface area contributed by atoms with Crippen molar-refractivity contribution >= 4 is 23.9 Å². The predicted octanol–water partition coefficient (Wildman–Crippen LogP) is 0.0330. The Morgan fingerprint density at radius 3 is 0.887 bits per heavy atom. The number of aliphatic hydroxyl groups excluding tert-OH is 1. The first-order valence-corrected chi connectivity index (χ1v) is 19.1. The minimum atomic E-state index is -0.523. The maximum atomic E-state index is 12.4. The molecule has 0 heterocycles. The highest BCUT2D eigenvalue weighted by atomic mass is 16.5. The summed E-state index contributed by atoms with van der Waals surface area (Å²) >= 11 is 0. The lowest BCUT2D eigenvalue weighted by Gasteiger charge is -2.28. The second-order valence-electron chi connectivity index (χ2n) is 14.6. The molecule has 0 spiro atoms. The van der Waals surface area contributed by atoms with Gasteiger partial charge in [-0.25, -0.2) is 0 Å². The van der Waals surface area contributed by atoms with Crippen LogP contribution in [0.3, 0.4) is 0 Å². The molecule has 312 valence electrons. The van der Waals surface area contributed by atoms with Crippen LogP contribution < -0.4 is 0 Å². The Bertz CT molecular complexity index is 841. The van der Waals surface area contributed by atoms with E-state index in [4.69, 9.17) is 18.9 Å². The third kappa shape index (κ3) is 33.8. The van der Waals surface area contributed by atoms with Gasteiger partial charge in [-0.3, -0.25) is 19.2 Å². The molecular weight excluding hydrogens is 686 g/mol. The Morgan fingerprint density at radius 2 is 0.660 bits per heavy atom. The van der Waals surface area contributed by atoms with Crippen LogP contribution in [-0.4, -0.2) is 237 Å². The number of ether oxygens (including phenoxy) is 4. The van der Waals surface area contributed by atoms with Crippen molar-refractivity contribution < 1.29 is 43.2 Å². The summed E-state index contributed by atoms with van der Waals surface area (Å²) in [6.07, 6.45) is 1.90. The lowest BCUT2D eigenvalue weighted by Crippen LogP contribution is -2.38. The molecule has 0 aliphatic rings. The molecule has 0 aliphatic carbocycles. The molecule has 0 fully saturated rings. The van der Waals surface area contributed by atoms with Crippen molar-refractivity contribution in [2.75, 3.05) is 168 Å². The van der Waals surface area contributed by atoms with Crippen molar-refractivity contribution in [2.45, 2.75) is 51.6 Å². The quantitative estimate of drug-likeness (QED) is 0.0694. The number of rotatable bonds is 34. The number of carbonyl (C=O) groups excluding carboxylic acids is 4. The summed E-state index contributed by atoms with van der Waals surface area (Å²) in [5.74, 6) is -1.08. The molecule has 0 aromatic heterocycles. The van der Waals surface area contributed by atoms with E-state index in [9.17, 15) is 24.3 Å². The molecule has 1 atom stereocenters. The number of carbonyl (C=O) groups is 4. The molecule has 0 aliphatic heterocycles. The molecule has 0 amide bonds. The average molecular weight is 762 g/mol. The minimum Gasteiger partial charge on any atom is -0.464 e. The molecule has 0 radical (unpaired) electrons. The molecular formula is C37H75N7O9. The lowest BCUT2D eigenvalue weighted by molar-refractivity contribution is -0.146. The molecule has 0 bridgehead atoms. The standard InChI is InChI=1S/C37H75N7O9/c1-33(45)32-44(18-10-16-42(20-12-34(46)50-28-24-38(2)3)21-13-35(47)51-29-25-39(4)5)19-11-17-43(22-14-36(48)52-30-26-40(6)7)23-15-37(49)53-31-27-41(8)9/h33,45H,10-32H2,1-9H3. The van der Waals surface area contributed by atoms with Gasteiger partial charge in [-0.05, 0) is 102 Å². The highest BCUT2D eigenvalue weighted by molar-refractivity contribution is 5.71. The van der Waals surface area contributed by atoms with Crippen molar-refractivity contribution in [2.24, 2.45) is 0 Å². The third-order valence-electron chi connectivity index (χ3n) is 8.15. The van der Waals surface area contributed by atoms with Crippen LogP contribution in [0, 0.1) is 0 Å². The zero-order chi connectivity index (χ0) is 40.0. The Hall–Kier alpha value is -2.44. The van der Waals surface area contributed by atoms with Crippen molar-refractivity contribution in [3.63, 3.8) is 0 Å². The predicted molar refractivity (Wildman–Crippen MR) is 207 cm³/mol. The van der Waals surface area contributed by atoms with Gasteiger partial charge in [0, 0.05) is 58.9 Å². The number of likely N-dealkylation sites (N-methyl/N-ethyl adjacent to an activating group) is 4. The van der Waals surface area contributed by atoms with E-state index in [-0.39, 0.29) is 49.6 Å². The Kier molecular flexibility index (Phi) is 30.4. The van der Waals surface area contributed by atoms with E-state index in [1.165, 1.54) is 0 Å². The molecule has 0 aromatic carbocycles. The first kappa shape index (κ1) is 50.6. The van der Waals surface area contributed by atoms with Gasteiger partial charge in [0.05, 0.1) is 31.8 Å². The van der Waals surface area contributed by atoms with Gasteiger partial charge >= 0.3 is 23.9 Å². The van der Waals surface area contributed by atoms with Crippen molar-refractivity contribution in [3.05, 3.63) is 0 Å². The fourth-order valence-electron chi connectivity index (χ4n) is 5.03. The topological polar surface area (TPSA) is 148 Å². The van der Waals surface area contributed by atoms with E-state index in [0.29, 0.717) is 112 Å². The molecule has 16 nitrogen and oxygen atoms in total. The Balaban J connectivity index is 5.24. The number of hydrogen-bond acceptors (Lipinski definition) is 16. The fourth-order valence-corrected chi connectivity index (χ4v) is 5.03. The fraction of sp³-hybridized carbons (Fsp3) is 0.892. The third-order valence-corrected chi connectivity index (χ3v) is 8.15. The van der Waals surface area contributed by atoms with E-state index in [0.717, 1.165) is 12.8 Å². The highest BCUT2D eigenvalue weighted by Crippen LogP contribution is 2.06. The van der Waals surface area contributed by atoms with Gasteiger partial charge in [-0.15, -0.1) is 0 Å². The summed E-state index contributed by atoms with van der Waals surface area (Å²) in [5, 5.41) is 10.3. The van der Waals surface area contributed by atoms with Gasteiger partial charge in [-0.1, -0.05) is 0 Å². The van der Waals surface area contributed by atoms with Crippen LogP contribution in [0.2, 0.25) is 0 Å². The molecule has 16 heteroatoms. The van der Waals surface area contributed by atoms with Gasteiger partial charge in [0.25, 0.3) is 0 Å². The van der Waals surface area contributed by atoms with Crippen LogP contribution in [0.15, 0.2) is 0 Å². The molecule has 0 saturated heterocycles. The van der Waals surface area contributed by atoms with Crippen molar-refractivity contribution in [1.82, 2.24) is 34.3 Å². The molecule has 0 aromatic rings. The summed E-state index contributed by atoms with van der Waals surface area (Å²) in [5.41, 5.74) is 0. The van der Waals surface area contributed by atoms with Crippen LogP contribution in [0.25, 0.3) is 0 Å². The summed E-state index contributed by atoms with van der Waals surface area (Å²) in [6, 6.07) is 0. The van der Waals surface area contributed by atoms with Crippen molar-refractivity contribution in [1.29, 1.82) is 0 Å². The molecule has 1 unspecified atom stereocenters. The van der Waals surface area contributed by atoms with Crippen LogP contribution in [0.1, 0.15) is 45.4 Å². The molecule has 0 saturated carbocycles. The number of nitrogens with zero attached hydrogens (tertiary/aromatic N) is 7. The second kappa shape index (κ2) is 31.9. The average Bonchev–Trinajstić information content (AvgIpc) is 3.05. The first-order chi connectivity index (χ1) is 25.1. The highest BCUT2D eigenvalue weighted by Gasteiger charge is 2.17. The van der Waals surface area contributed by atoms with E-state index < -0.39 is 6.10 Å². The molecule has 0 rings (SSSR count). The van der Waals surface area contributed by atoms with Crippen LogP contribution in [-0.2, 0) is 38.1 Å². The summed E-state index contributed by atoms with van der Waals surface area (Å²) < 4.78 is 21.5. The smallest absolute Gasteiger partial charge is 0.307 e. The molecule has 1 N–H and O–H groups in total. The largest absolute Gasteiger partial charge is 0.464 e. The minimum absolute atomic E-state index is 0.225. The summed E-state index contributed by atoms with van der Waals surface area (Å²) in [6.45, 7) is 10.8. The first-order valence-electron chi connectivity index (χ1n) is 19.1. The van der Waals surface area contributed by atoms with E-state index in [1.54, 1.807) is 6.92 Å². The van der Waals surface area contributed by atoms with E-state index >= 15 is 0 Å². The summed E-state index contributed by atoms with van der Waals surface area (Å²) in [4.78, 5) is 63.8. The molecule has 53 heavy (non-hydrogen) atoms. The lowest BCUT2D eigenvalue weighted by atomic mass is 10.2.